The maximum absolute atomic E-state index is 13.2. The van der Waals surface area contributed by atoms with Crippen LogP contribution in [0.2, 0.25) is 0 Å². The average molecular weight is 392 g/mol. The Kier molecular flexibility index (Phi) is 5.83. The molecule has 27 heavy (non-hydrogen) atoms. The summed E-state index contributed by atoms with van der Waals surface area (Å²) in [4.78, 5) is 2.35. The van der Waals surface area contributed by atoms with Crippen molar-refractivity contribution in [2.45, 2.75) is 30.9 Å². The van der Waals surface area contributed by atoms with E-state index in [1.54, 1.807) is 36.4 Å². The minimum Gasteiger partial charge on any atom is -0.491 e. The van der Waals surface area contributed by atoms with Crippen LogP contribution >= 0.6 is 0 Å². The maximum Gasteiger partial charge on any atom is 0.243 e. The standard InChI is InChI=1S/C20H25FN2O3S/c1-15(2)26-18-8-10-19(11-9-18)27(24,25)23-13-12-22(3)20(14-23)16-4-6-17(21)7-5-16/h4-11,15,20H,12-14H2,1-3H3. The van der Waals surface area contributed by atoms with Gasteiger partial charge in [0.25, 0.3) is 0 Å². The zero-order chi connectivity index (χ0) is 19.6. The third kappa shape index (κ3) is 4.48. The molecular weight excluding hydrogens is 367 g/mol. The summed E-state index contributed by atoms with van der Waals surface area (Å²) in [6, 6.07) is 12.7. The van der Waals surface area contributed by atoms with Crippen LogP contribution in [0.5, 0.6) is 5.75 Å². The quantitative estimate of drug-likeness (QED) is 0.784. The Morgan fingerprint density at radius 1 is 1.04 bits per heavy atom. The fraction of sp³-hybridized carbons (Fsp3) is 0.400. The molecule has 1 aliphatic rings. The van der Waals surface area contributed by atoms with Gasteiger partial charge in [-0.2, -0.15) is 4.31 Å². The monoisotopic (exact) mass is 392 g/mol. The number of ether oxygens (including phenoxy) is 1. The normalized spacial score (nSPS) is 19.4. The number of likely N-dealkylation sites (N-methyl/N-ethyl adjacent to an activating group) is 1. The van der Waals surface area contributed by atoms with Crippen LogP contribution in [0.15, 0.2) is 53.4 Å². The van der Waals surface area contributed by atoms with E-state index in [0.717, 1.165) is 5.56 Å². The van der Waals surface area contributed by atoms with Crippen LogP contribution in [-0.4, -0.2) is 50.4 Å². The van der Waals surface area contributed by atoms with E-state index in [9.17, 15) is 12.8 Å². The number of hydrogen-bond donors (Lipinski definition) is 0. The molecule has 0 saturated carbocycles. The summed E-state index contributed by atoms with van der Waals surface area (Å²) >= 11 is 0. The molecule has 2 aromatic carbocycles. The predicted octanol–water partition coefficient (Wildman–Crippen LogP) is 3.29. The highest BCUT2D eigenvalue weighted by Gasteiger charge is 2.33. The molecule has 1 fully saturated rings. The van der Waals surface area contributed by atoms with E-state index in [0.29, 0.717) is 25.4 Å². The molecule has 0 bridgehead atoms. The molecule has 1 unspecified atom stereocenters. The Balaban J connectivity index is 1.80. The van der Waals surface area contributed by atoms with Gasteiger partial charge in [0.2, 0.25) is 10.0 Å². The van der Waals surface area contributed by atoms with Gasteiger partial charge in [0, 0.05) is 25.7 Å². The number of sulfonamides is 1. The van der Waals surface area contributed by atoms with Crippen molar-refractivity contribution < 1.29 is 17.5 Å². The molecular formula is C20H25FN2O3S. The molecule has 0 radical (unpaired) electrons. The van der Waals surface area contributed by atoms with Crippen LogP contribution in [0.1, 0.15) is 25.5 Å². The zero-order valence-corrected chi connectivity index (χ0v) is 16.6. The fourth-order valence-electron chi connectivity index (χ4n) is 3.22. The molecule has 3 rings (SSSR count). The summed E-state index contributed by atoms with van der Waals surface area (Å²) in [7, 11) is -1.65. The molecule has 1 saturated heterocycles. The Hall–Kier alpha value is -1.96. The Bertz CT molecular complexity index is 867. The molecule has 146 valence electrons. The third-order valence-corrected chi connectivity index (χ3v) is 6.58. The first-order chi connectivity index (χ1) is 12.8. The van der Waals surface area contributed by atoms with Gasteiger partial charge in [-0.15, -0.1) is 0 Å². The van der Waals surface area contributed by atoms with Gasteiger partial charge >= 0.3 is 0 Å². The lowest BCUT2D eigenvalue weighted by Gasteiger charge is -2.39. The van der Waals surface area contributed by atoms with E-state index in [2.05, 4.69) is 4.90 Å². The maximum atomic E-state index is 13.2. The second-order valence-electron chi connectivity index (χ2n) is 7.05. The highest BCUT2D eigenvalue weighted by atomic mass is 32.2. The summed E-state index contributed by atoms with van der Waals surface area (Å²) in [5.74, 6) is 0.344. The van der Waals surface area contributed by atoms with Gasteiger partial charge in [-0.25, -0.2) is 12.8 Å². The Labute approximate surface area is 160 Å². The van der Waals surface area contributed by atoms with Gasteiger partial charge in [0.1, 0.15) is 11.6 Å². The molecule has 7 heteroatoms. The second kappa shape index (κ2) is 7.96. The average Bonchev–Trinajstić information content (AvgIpc) is 2.63. The summed E-state index contributed by atoms with van der Waals surface area (Å²) in [6.07, 6.45) is 0.0292. The van der Waals surface area contributed by atoms with Crippen LogP contribution in [-0.2, 0) is 10.0 Å². The topological polar surface area (TPSA) is 49.9 Å². The number of halogens is 1. The number of nitrogens with zero attached hydrogens (tertiary/aromatic N) is 2. The molecule has 1 aliphatic heterocycles. The van der Waals surface area contributed by atoms with E-state index >= 15 is 0 Å². The lowest BCUT2D eigenvalue weighted by molar-refractivity contribution is 0.148. The number of benzene rings is 2. The highest BCUT2D eigenvalue weighted by Crippen LogP contribution is 2.28. The van der Waals surface area contributed by atoms with E-state index in [1.165, 1.54) is 16.4 Å². The molecule has 1 atom stereocenters. The van der Waals surface area contributed by atoms with E-state index in [1.807, 2.05) is 20.9 Å². The van der Waals surface area contributed by atoms with Crippen molar-refractivity contribution in [2.24, 2.45) is 0 Å². The van der Waals surface area contributed by atoms with Crippen LogP contribution in [0.3, 0.4) is 0 Å². The van der Waals surface area contributed by atoms with E-state index in [-0.39, 0.29) is 22.9 Å². The van der Waals surface area contributed by atoms with Crippen molar-refractivity contribution in [1.29, 1.82) is 0 Å². The first-order valence-corrected chi connectivity index (χ1v) is 10.4. The summed E-state index contributed by atoms with van der Waals surface area (Å²) in [5, 5.41) is 0. The van der Waals surface area contributed by atoms with E-state index in [4.69, 9.17) is 4.74 Å². The van der Waals surface area contributed by atoms with Crippen LogP contribution < -0.4 is 4.74 Å². The number of hydrogen-bond acceptors (Lipinski definition) is 4. The van der Waals surface area contributed by atoms with Gasteiger partial charge in [-0.1, -0.05) is 12.1 Å². The summed E-state index contributed by atoms with van der Waals surface area (Å²) in [5.41, 5.74) is 0.902. The molecule has 0 aliphatic carbocycles. The molecule has 0 spiro atoms. The molecule has 0 aromatic heterocycles. The molecule has 0 N–H and O–H groups in total. The van der Waals surface area contributed by atoms with Gasteiger partial charge in [-0.05, 0) is 62.9 Å². The van der Waals surface area contributed by atoms with Crippen molar-refractivity contribution in [3.05, 3.63) is 59.9 Å². The summed E-state index contributed by atoms with van der Waals surface area (Å²) < 4.78 is 46.4. The van der Waals surface area contributed by atoms with E-state index < -0.39 is 10.0 Å². The summed E-state index contributed by atoms with van der Waals surface area (Å²) in [6.45, 7) is 5.19. The number of rotatable bonds is 5. The Morgan fingerprint density at radius 3 is 2.26 bits per heavy atom. The van der Waals surface area contributed by atoms with Crippen LogP contribution in [0, 0.1) is 5.82 Å². The van der Waals surface area contributed by atoms with Crippen molar-refractivity contribution in [3.63, 3.8) is 0 Å². The van der Waals surface area contributed by atoms with Crippen molar-refractivity contribution in [3.8, 4) is 5.75 Å². The molecule has 5 nitrogen and oxygen atoms in total. The van der Waals surface area contributed by atoms with Crippen molar-refractivity contribution in [2.75, 3.05) is 26.7 Å². The lowest BCUT2D eigenvalue weighted by Crippen LogP contribution is -2.48. The first kappa shape index (κ1) is 19.8. The molecule has 2 aromatic rings. The first-order valence-electron chi connectivity index (χ1n) is 9.00. The molecule has 0 amide bonds. The van der Waals surface area contributed by atoms with Crippen LogP contribution in [0.4, 0.5) is 4.39 Å². The smallest absolute Gasteiger partial charge is 0.243 e. The zero-order valence-electron chi connectivity index (χ0n) is 15.8. The predicted molar refractivity (Wildman–Crippen MR) is 103 cm³/mol. The van der Waals surface area contributed by atoms with Gasteiger partial charge in [0.05, 0.1) is 11.0 Å². The van der Waals surface area contributed by atoms with Gasteiger partial charge < -0.3 is 4.74 Å². The van der Waals surface area contributed by atoms with Crippen molar-refractivity contribution >= 4 is 10.0 Å². The third-order valence-electron chi connectivity index (χ3n) is 4.70. The van der Waals surface area contributed by atoms with Gasteiger partial charge in [-0.3, -0.25) is 4.90 Å². The molecule has 1 heterocycles. The largest absolute Gasteiger partial charge is 0.491 e. The number of piperazine rings is 1. The Morgan fingerprint density at radius 2 is 1.67 bits per heavy atom. The fourth-order valence-corrected chi connectivity index (χ4v) is 4.66. The SMILES string of the molecule is CC(C)Oc1ccc(S(=O)(=O)N2CCN(C)C(c3ccc(F)cc3)C2)cc1. The second-order valence-corrected chi connectivity index (χ2v) is 8.99. The van der Waals surface area contributed by atoms with Gasteiger partial charge in [0.15, 0.2) is 0 Å². The minimum atomic E-state index is -3.60. The van der Waals surface area contributed by atoms with Crippen LogP contribution in [0.25, 0.3) is 0 Å². The lowest BCUT2D eigenvalue weighted by atomic mass is 10.0. The van der Waals surface area contributed by atoms with Crippen molar-refractivity contribution in [1.82, 2.24) is 9.21 Å². The highest BCUT2D eigenvalue weighted by molar-refractivity contribution is 7.89. The minimum absolute atomic E-state index is 0.0292.